The number of alkyl halides is 3. The van der Waals surface area contributed by atoms with Crippen molar-refractivity contribution in [2.45, 2.75) is 25.2 Å². The van der Waals surface area contributed by atoms with Crippen molar-refractivity contribution in [3.63, 3.8) is 0 Å². The van der Waals surface area contributed by atoms with Crippen molar-refractivity contribution in [1.82, 2.24) is 10.6 Å². The van der Waals surface area contributed by atoms with Gasteiger partial charge in [-0.3, -0.25) is 14.9 Å². The van der Waals surface area contributed by atoms with E-state index in [9.17, 15) is 27.6 Å². The van der Waals surface area contributed by atoms with Gasteiger partial charge in [0.1, 0.15) is 18.0 Å². The SMILES string of the molecule is COC(=O)[C@@H](NC[C@H](C(=O)N[C@@H](C)C(=O)O)C(F)(F)F)c1ccccc1. The lowest BCUT2D eigenvalue weighted by molar-refractivity contribution is -0.183. The number of halogens is 3. The molecule has 3 N–H and O–H groups in total. The molecule has 1 aromatic carbocycles. The van der Waals surface area contributed by atoms with Gasteiger partial charge in [-0.25, -0.2) is 4.79 Å². The second-order valence-electron chi connectivity index (χ2n) is 5.44. The molecule has 0 aliphatic heterocycles. The molecule has 0 saturated heterocycles. The zero-order valence-corrected chi connectivity index (χ0v) is 14.0. The van der Waals surface area contributed by atoms with E-state index in [1.807, 2.05) is 0 Å². The van der Waals surface area contributed by atoms with Crippen molar-refractivity contribution >= 4 is 17.8 Å². The van der Waals surface area contributed by atoms with Crippen LogP contribution in [-0.4, -0.2) is 48.8 Å². The van der Waals surface area contributed by atoms with E-state index in [1.165, 1.54) is 12.1 Å². The van der Waals surface area contributed by atoms with Crippen LogP contribution in [0.4, 0.5) is 13.2 Å². The number of benzene rings is 1. The zero-order chi connectivity index (χ0) is 19.9. The largest absolute Gasteiger partial charge is 0.480 e. The molecule has 1 aromatic rings. The molecule has 0 aliphatic carbocycles. The number of carboxylic acids is 1. The number of ether oxygens (including phenoxy) is 1. The van der Waals surface area contributed by atoms with E-state index in [0.29, 0.717) is 5.56 Å². The van der Waals surface area contributed by atoms with E-state index in [-0.39, 0.29) is 0 Å². The predicted octanol–water partition coefficient (Wildman–Crippen LogP) is 1.26. The van der Waals surface area contributed by atoms with Crippen LogP contribution in [0, 0.1) is 5.92 Å². The van der Waals surface area contributed by atoms with E-state index in [4.69, 9.17) is 5.11 Å². The maximum absolute atomic E-state index is 13.2. The Morgan fingerprint density at radius 2 is 1.77 bits per heavy atom. The number of carboxylic acid groups (broad SMARTS) is 1. The Morgan fingerprint density at radius 3 is 2.23 bits per heavy atom. The summed E-state index contributed by atoms with van der Waals surface area (Å²) >= 11 is 0. The van der Waals surface area contributed by atoms with Gasteiger partial charge in [-0.2, -0.15) is 13.2 Å². The van der Waals surface area contributed by atoms with Gasteiger partial charge in [0.2, 0.25) is 5.91 Å². The number of carbonyl (C=O) groups is 3. The molecule has 1 rings (SSSR count). The van der Waals surface area contributed by atoms with Gasteiger partial charge in [-0.1, -0.05) is 30.3 Å². The second-order valence-corrected chi connectivity index (χ2v) is 5.44. The predicted molar refractivity (Wildman–Crippen MR) is 84.0 cm³/mol. The minimum atomic E-state index is -4.94. The lowest BCUT2D eigenvalue weighted by Crippen LogP contribution is -2.50. The summed E-state index contributed by atoms with van der Waals surface area (Å²) in [5.74, 6) is -6.34. The Kier molecular flexibility index (Phi) is 7.56. The number of amides is 1. The van der Waals surface area contributed by atoms with Gasteiger partial charge in [0.15, 0.2) is 0 Å². The van der Waals surface area contributed by atoms with Crippen LogP contribution in [0.1, 0.15) is 18.5 Å². The summed E-state index contributed by atoms with van der Waals surface area (Å²) in [6.07, 6.45) is -4.94. The van der Waals surface area contributed by atoms with Crippen molar-refractivity contribution in [3.05, 3.63) is 35.9 Å². The highest BCUT2D eigenvalue weighted by Crippen LogP contribution is 2.27. The topological polar surface area (TPSA) is 105 Å². The quantitative estimate of drug-likeness (QED) is 0.590. The maximum Gasteiger partial charge on any atom is 0.401 e. The van der Waals surface area contributed by atoms with Crippen LogP contribution >= 0.6 is 0 Å². The molecule has 0 bridgehead atoms. The molecule has 0 aliphatic rings. The monoisotopic (exact) mass is 376 g/mol. The standard InChI is InChI=1S/C16H19F3N2O5/c1-9(14(23)24)21-13(22)11(16(17,18)19)8-20-12(15(25)26-2)10-6-4-3-5-7-10/h3-7,9,11-12,20H,8H2,1-2H3,(H,21,22)(H,23,24)/t9-,11+,12-/m0/s1. The first kappa shape index (κ1) is 21.4. The Balaban J connectivity index is 2.94. The molecule has 144 valence electrons. The normalized spacial score (nSPS) is 14.8. The number of rotatable bonds is 8. The van der Waals surface area contributed by atoms with Crippen molar-refractivity contribution in [2.75, 3.05) is 13.7 Å². The lowest BCUT2D eigenvalue weighted by atomic mass is 10.0. The average molecular weight is 376 g/mol. The van der Waals surface area contributed by atoms with Gasteiger partial charge in [0, 0.05) is 6.54 Å². The Labute approximate surface area is 147 Å². The highest BCUT2D eigenvalue weighted by molar-refractivity contribution is 5.85. The van der Waals surface area contributed by atoms with Crippen LogP contribution in [0.2, 0.25) is 0 Å². The minimum Gasteiger partial charge on any atom is -0.480 e. The number of carbonyl (C=O) groups excluding carboxylic acids is 2. The lowest BCUT2D eigenvalue weighted by Gasteiger charge is -2.24. The summed E-state index contributed by atoms with van der Waals surface area (Å²) in [6.45, 7) is 0.110. The number of methoxy groups -OCH3 is 1. The highest BCUT2D eigenvalue weighted by atomic mass is 19.4. The second kappa shape index (κ2) is 9.18. The molecule has 0 unspecified atom stereocenters. The maximum atomic E-state index is 13.2. The third-order valence-corrected chi connectivity index (χ3v) is 3.54. The smallest absolute Gasteiger partial charge is 0.401 e. The molecular weight excluding hydrogens is 357 g/mol. The van der Waals surface area contributed by atoms with Crippen molar-refractivity contribution < 1.29 is 37.4 Å². The summed E-state index contributed by atoms with van der Waals surface area (Å²) in [6, 6.07) is 5.18. The minimum absolute atomic E-state index is 0.361. The number of esters is 1. The number of aliphatic carboxylic acids is 1. The van der Waals surface area contributed by atoms with Gasteiger partial charge in [0.25, 0.3) is 0 Å². The number of hydrogen-bond acceptors (Lipinski definition) is 5. The summed E-state index contributed by atoms with van der Waals surface area (Å²) in [5.41, 5.74) is 0.361. The van der Waals surface area contributed by atoms with Crippen molar-refractivity contribution in [2.24, 2.45) is 5.92 Å². The molecule has 0 heterocycles. The van der Waals surface area contributed by atoms with Crippen LogP contribution in [0.25, 0.3) is 0 Å². The van der Waals surface area contributed by atoms with E-state index >= 15 is 0 Å². The molecule has 0 saturated carbocycles. The van der Waals surface area contributed by atoms with E-state index in [1.54, 1.807) is 23.5 Å². The Hall–Kier alpha value is -2.62. The number of hydrogen-bond donors (Lipinski definition) is 3. The molecule has 0 fully saturated rings. The van der Waals surface area contributed by atoms with Crippen LogP contribution in [-0.2, 0) is 19.1 Å². The first-order valence-electron chi connectivity index (χ1n) is 7.54. The van der Waals surface area contributed by atoms with E-state index in [2.05, 4.69) is 10.1 Å². The van der Waals surface area contributed by atoms with Gasteiger partial charge >= 0.3 is 18.1 Å². The fraction of sp³-hybridized carbons (Fsp3) is 0.438. The molecule has 7 nitrogen and oxygen atoms in total. The molecule has 0 aromatic heterocycles. The summed E-state index contributed by atoms with van der Waals surface area (Å²) < 4.78 is 44.2. The fourth-order valence-corrected chi connectivity index (χ4v) is 2.07. The first-order chi connectivity index (χ1) is 12.1. The van der Waals surface area contributed by atoms with Crippen LogP contribution in [0.15, 0.2) is 30.3 Å². The van der Waals surface area contributed by atoms with E-state index in [0.717, 1.165) is 14.0 Å². The van der Waals surface area contributed by atoms with Crippen LogP contribution < -0.4 is 10.6 Å². The average Bonchev–Trinajstić information content (AvgIpc) is 2.57. The zero-order valence-electron chi connectivity index (χ0n) is 14.0. The van der Waals surface area contributed by atoms with E-state index < -0.39 is 48.6 Å². The molecule has 0 spiro atoms. The molecule has 1 amide bonds. The molecule has 3 atom stereocenters. The first-order valence-corrected chi connectivity index (χ1v) is 7.54. The Morgan fingerprint density at radius 1 is 1.19 bits per heavy atom. The summed E-state index contributed by atoms with van der Waals surface area (Å²) in [5, 5.41) is 12.9. The Bertz CT molecular complexity index is 637. The van der Waals surface area contributed by atoms with Gasteiger partial charge in [-0.15, -0.1) is 0 Å². The number of nitrogens with one attached hydrogen (secondary N) is 2. The fourth-order valence-electron chi connectivity index (χ4n) is 2.07. The van der Waals surface area contributed by atoms with Gasteiger partial charge in [-0.05, 0) is 12.5 Å². The van der Waals surface area contributed by atoms with Crippen molar-refractivity contribution in [1.29, 1.82) is 0 Å². The van der Waals surface area contributed by atoms with Gasteiger partial charge in [0.05, 0.1) is 7.11 Å². The summed E-state index contributed by atoms with van der Waals surface area (Å²) in [7, 11) is 1.09. The van der Waals surface area contributed by atoms with Gasteiger partial charge < -0.3 is 15.2 Å². The summed E-state index contributed by atoms with van der Waals surface area (Å²) in [4.78, 5) is 34.4. The van der Waals surface area contributed by atoms with Crippen molar-refractivity contribution in [3.8, 4) is 0 Å². The highest BCUT2D eigenvalue weighted by Gasteiger charge is 2.45. The third kappa shape index (κ3) is 6.03. The van der Waals surface area contributed by atoms with Crippen LogP contribution in [0.3, 0.4) is 0 Å². The molecule has 26 heavy (non-hydrogen) atoms. The molecular formula is C16H19F3N2O5. The third-order valence-electron chi connectivity index (χ3n) is 3.54. The molecule has 10 heteroatoms. The molecule has 0 radical (unpaired) electrons. The van der Waals surface area contributed by atoms with Crippen LogP contribution in [0.5, 0.6) is 0 Å².